The maximum absolute atomic E-state index is 11.9. The van der Waals surface area contributed by atoms with Crippen LogP contribution in [0.1, 0.15) is 18.5 Å². The van der Waals surface area contributed by atoms with E-state index in [1.54, 1.807) is 13.0 Å². The van der Waals surface area contributed by atoms with E-state index >= 15 is 0 Å². The summed E-state index contributed by atoms with van der Waals surface area (Å²) in [6, 6.07) is 3.03. The van der Waals surface area contributed by atoms with E-state index in [1.165, 1.54) is 10.4 Å². The number of anilines is 1. The molecule has 7 heteroatoms. The number of aryl methyl sites for hydroxylation is 1. The largest absolute Gasteiger partial charge is 0.504 e. The molecule has 1 saturated heterocycles. The van der Waals surface area contributed by atoms with Gasteiger partial charge in [0, 0.05) is 18.8 Å². The van der Waals surface area contributed by atoms with Gasteiger partial charge in [-0.2, -0.15) is 12.7 Å². The van der Waals surface area contributed by atoms with Crippen molar-refractivity contribution in [3.8, 4) is 5.75 Å². The number of hydrogen-bond donors (Lipinski definition) is 2. The average molecular weight is 257 g/mol. The molecule has 0 saturated carbocycles. The molecule has 0 amide bonds. The van der Waals surface area contributed by atoms with E-state index < -0.39 is 10.2 Å². The number of pyridine rings is 1. The van der Waals surface area contributed by atoms with Gasteiger partial charge in [0.25, 0.3) is 0 Å². The fourth-order valence-corrected chi connectivity index (χ4v) is 3.00. The van der Waals surface area contributed by atoms with E-state index in [-0.39, 0.29) is 11.6 Å². The molecule has 0 aromatic carbocycles. The number of nitrogens with zero attached hydrogens (tertiary/aromatic N) is 2. The van der Waals surface area contributed by atoms with Crippen LogP contribution >= 0.6 is 0 Å². The molecule has 1 aromatic heterocycles. The maximum Gasteiger partial charge on any atom is 0.302 e. The quantitative estimate of drug-likeness (QED) is 0.841. The molecule has 0 bridgehead atoms. The Labute approximate surface area is 100 Å². The van der Waals surface area contributed by atoms with E-state index in [4.69, 9.17) is 0 Å². The lowest BCUT2D eigenvalue weighted by molar-refractivity contribution is 0.470. The molecular formula is C10H15N3O3S. The zero-order valence-electron chi connectivity index (χ0n) is 9.55. The summed E-state index contributed by atoms with van der Waals surface area (Å²) in [4.78, 5) is 3.96. The lowest BCUT2D eigenvalue weighted by Crippen LogP contribution is -2.33. The second-order valence-electron chi connectivity index (χ2n) is 4.03. The van der Waals surface area contributed by atoms with Crippen LogP contribution in [0.4, 0.5) is 5.82 Å². The second kappa shape index (κ2) is 4.50. The number of hydrogen-bond acceptors (Lipinski definition) is 4. The number of aromatic hydroxyl groups is 1. The number of rotatable bonds is 3. The van der Waals surface area contributed by atoms with E-state index in [9.17, 15) is 13.5 Å². The minimum atomic E-state index is -3.59. The zero-order chi connectivity index (χ0) is 12.5. The number of aromatic nitrogens is 1. The van der Waals surface area contributed by atoms with E-state index in [0.29, 0.717) is 18.8 Å². The van der Waals surface area contributed by atoms with Gasteiger partial charge in [-0.3, -0.25) is 4.72 Å². The molecule has 0 spiro atoms. The van der Waals surface area contributed by atoms with Crippen LogP contribution in [0.3, 0.4) is 0 Å². The Morgan fingerprint density at radius 2 is 2.00 bits per heavy atom. The molecule has 2 N–H and O–H groups in total. The van der Waals surface area contributed by atoms with Crippen molar-refractivity contribution in [2.24, 2.45) is 0 Å². The standard InChI is InChI=1S/C10H15N3O3S/c1-8-4-5-9(14)10(11-8)12-17(15,16)13-6-2-3-7-13/h4-5,14H,2-3,6-7H2,1H3,(H,11,12). The topological polar surface area (TPSA) is 82.5 Å². The summed E-state index contributed by atoms with van der Waals surface area (Å²) in [5.74, 6) is -0.185. The molecule has 17 heavy (non-hydrogen) atoms. The Bertz CT molecular complexity index is 510. The molecule has 2 rings (SSSR count). The highest BCUT2D eigenvalue weighted by Gasteiger charge is 2.26. The molecule has 2 heterocycles. The van der Waals surface area contributed by atoms with Crippen molar-refractivity contribution in [1.29, 1.82) is 0 Å². The van der Waals surface area contributed by atoms with Gasteiger partial charge in [0.2, 0.25) is 0 Å². The lowest BCUT2D eigenvalue weighted by atomic mass is 10.3. The summed E-state index contributed by atoms with van der Waals surface area (Å²) in [5, 5.41) is 9.53. The van der Waals surface area contributed by atoms with Gasteiger partial charge in [-0.05, 0) is 31.9 Å². The van der Waals surface area contributed by atoms with Crippen molar-refractivity contribution in [3.05, 3.63) is 17.8 Å². The summed E-state index contributed by atoms with van der Waals surface area (Å²) in [5.41, 5.74) is 0.641. The second-order valence-corrected chi connectivity index (χ2v) is 5.70. The van der Waals surface area contributed by atoms with Gasteiger partial charge in [0.15, 0.2) is 11.6 Å². The van der Waals surface area contributed by atoms with Crippen LogP contribution in [0.25, 0.3) is 0 Å². The summed E-state index contributed by atoms with van der Waals surface area (Å²) in [6.07, 6.45) is 1.74. The third kappa shape index (κ3) is 2.67. The van der Waals surface area contributed by atoms with Crippen LogP contribution in [-0.4, -0.2) is 35.9 Å². The van der Waals surface area contributed by atoms with E-state index in [1.807, 2.05) is 0 Å². The van der Waals surface area contributed by atoms with Crippen molar-refractivity contribution in [3.63, 3.8) is 0 Å². The van der Waals surface area contributed by atoms with Gasteiger partial charge in [-0.1, -0.05) is 0 Å². The van der Waals surface area contributed by atoms with Crippen LogP contribution in [0.2, 0.25) is 0 Å². The minimum absolute atomic E-state index is 0.0168. The maximum atomic E-state index is 11.9. The summed E-state index contributed by atoms with van der Waals surface area (Å²) >= 11 is 0. The first-order valence-corrected chi connectivity index (χ1v) is 6.87. The Morgan fingerprint density at radius 3 is 2.65 bits per heavy atom. The molecule has 94 valence electrons. The molecule has 1 aliphatic rings. The lowest BCUT2D eigenvalue weighted by Gasteiger charge is -2.16. The first-order valence-electron chi connectivity index (χ1n) is 5.43. The Balaban J connectivity index is 2.22. The highest BCUT2D eigenvalue weighted by atomic mass is 32.2. The van der Waals surface area contributed by atoms with Gasteiger partial charge in [0.1, 0.15) is 0 Å². The zero-order valence-corrected chi connectivity index (χ0v) is 10.4. The molecule has 1 fully saturated rings. The summed E-state index contributed by atoms with van der Waals surface area (Å²) in [7, 11) is -3.59. The molecule has 0 atom stereocenters. The molecule has 1 aromatic rings. The minimum Gasteiger partial charge on any atom is -0.504 e. The fourth-order valence-electron chi connectivity index (χ4n) is 1.74. The first-order chi connectivity index (χ1) is 7.99. The molecular weight excluding hydrogens is 242 g/mol. The SMILES string of the molecule is Cc1ccc(O)c(NS(=O)(=O)N2CCCC2)n1. The van der Waals surface area contributed by atoms with Crippen LogP contribution in [0, 0.1) is 6.92 Å². The van der Waals surface area contributed by atoms with Gasteiger partial charge in [-0.15, -0.1) is 0 Å². The predicted octanol–water partition coefficient (Wildman–Crippen LogP) is 0.848. The highest BCUT2D eigenvalue weighted by molar-refractivity contribution is 7.90. The molecule has 0 unspecified atom stereocenters. The number of nitrogens with one attached hydrogen (secondary N) is 1. The van der Waals surface area contributed by atoms with Gasteiger partial charge in [-0.25, -0.2) is 4.98 Å². The normalized spacial score (nSPS) is 17.2. The third-order valence-electron chi connectivity index (χ3n) is 2.64. The van der Waals surface area contributed by atoms with E-state index in [2.05, 4.69) is 9.71 Å². The van der Waals surface area contributed by atoms with Crippen LogP contribution < -0.4 is 4.72 Å². The molecule has 0 aliphatic carbocycles. The van der Waals surface area contributed by atoms with Crippen molar-refractivity contribution in [2.45, 2.75) is 19.8 Å². The predicted molar refractivity (Wildman–Crippen MR) is 64.0 cm³/mol. The Hall–Kier alpha value is -1.34. The van der Waals surface area contributed by atoms with Crippen LogP contribution in [-0.2, 0) is 10.2 Å². The van der Waals surface area contributed by atoms with Crippen LogP contribution in [0.5, 0.6) is 5.75 Å². The molecule has 1 aliphatic heterocycles. The smallest absolute Gasteiger partial charge is 0.302 e. The molecule has 0 radical (unpaired) electrons. The fraction of sp³-hybridized carbons (Fsp3) is 0.500. The third-order valence-corrected chi connectivity index (χ3v) is 4.14. The van der Waals surface area contributed by atoms with Gasteiger partial charge in [0.05, 0.1) is 0 Å². The van der Waals surface area contributed by atoms with Crippen molar-refractivity contribution in [1.82, 2.24) is 9.29 Å². The summed E-state index contributed by atoms with van der Waals surface area (Å²) < 4.78 is 27.5. The van der Waals surface area contributed by atoms with Crippen LogP contribution in [0.15, 0.2) is 12.1 Å². The Kier molecular flexibility index (Phi) is 3.21. The highest BCUT2D eigenvalue weighted by Crippen LogP contribution is 2.23. The van der Waals surface area contributed by atoms with Crippen molar-refractivity contribution < 1.29 is 13.5 Å². The molecule has 6 nitrogen and oxygen atoms in total. The monoisotopic (exact) mass is 257 g/mol. The average Bonchev–Trinajstić information content (AvgIpc) is 2.77. The van der Waals surface area contributed by atoms with Crippen molar-refractivity contribution in [2.75, 3.05) is 17.8 Å². The van der Waals surface area contributed by atoms with Gasteiger partial charge < -0.3 is 5.11 Å². The Morgan fingerprint density at radius 1 is 1.35 bits per heavy atom. The van der Waals surface area contributed by atoms with E-state index in [0.717, 1.165) is 12.8 Å². The van der Waals surface area contributed by atoms with Gasteiger partial charge >= 0.3 is 10.2 Å². The van der Waals surface area contributed by atoms with Crippen molar-refractivity contribution >= 4 is 16.0 Å². The summed E-state index contributed by atoms with van der Waals surface area (Å²) in [6.45, 7) is 2.76. The first kappa shape index (κ1) is 12.1.